The maximum atomic E-state index is 12.0. The van der Waals surface area contributed by atoms with Crippen LogP contribution in [0.1, 0.15) is 29.5 Å². The summed E-state index contributed by atoms with van der Waals surface area (Å²) in [6.45, 7) is 3.17. The van der Waals surface area contributed by atoms with Gasteiger partial charge in [-0.25, -0.2) is 4.79 Å². The lowest BCUT2D eigenvalue weighted by Crippen LogP contribution is -2.42. The van der Waals surface area contributed by atoms with E-state index in [9.17, 15) is 4.79 Å². The molecule has 1 aliphatic carbocycles. The summed E-state index contributed by atoms with van der Waals surface area (Å²) in [6.07, 6.45) is 3.16. The highest BCUT2D eigenvalue weighted by Crippen LogP contribution is 2.26. The highest BCUT2D eigenvalue weighted by molar-refractivity contribution is 7.11. The number of urea groups is 1. The Labute approximate surface area is 112 Å². The zero-order chi connectivity index (χ0) is 13.0. The molecule has 1 aromatic rings. The van der Waals surface area contributed by atoms with E-state index >= 15 is 0 Å². The number of amides is 2. The van der Waals surface area contributed by atoms with Gasteiger partial charge in [0, 0.05) is 22.3 Å². The van der Waals surface area contributed by atoms with Gasteiger partial charge in [-0.2, -0.15) is 0 Å². The van der Waals surface area contributed by atoms with Gasteiger partial charge in [0.15, 0.2) is 0 Å². The molecule has 0 atom stereocenters. The molecule has 0 aromatic carbocycles. The molecule has 1 aromatic heterocycles. The minimum absolute atomic E-state index is 0.0307. The van der Waals surface area contributed by atoms with Crippen molar-refractivity contribution in [2.75, 3.05) is 13.2 Å². The Morgan fingerprint density at radius 2 is 2.22 bits per heavy atom. The van der Waals surface area contributed by atoms with Crippen molar-refractivity contribution in [3.05, 3.63) is 21.9 Å². The van der Waals surface area contributed by atoms with Gasteiger partial charge < -0.3 is 15.3 Å². The van der Waals surface area contributed by atoms with Gasteiger partial charge in [0.05, 0.1) is 13.2 Å². The second-order valence-electron chi connectivity index (χ2n) is 4.53. The van der Waals surface area contributed by atoms with Gasteiger partial charge in [0.25, 0.3) is 0 Å². The molecule has 1 saturated carbocycles. The Bertz CT molecular complexity index is 401. The maximum Gasteiger partial charge on any atom is 0.318 e. The first-order valence-corrected chi connectivity index (χ1v) is 7.29. The summed E-state index contributed by atoms with van der Waals surface area (Å²) >= 11 is 1.74. The number of aliphatic hydroxyl groups excluding tert-OH is 1. The number of rotatable bonds is 6. The highest BCUT2D eigenvalue weighted by Gasteiger charge is 2.31. The topological polar surface area (TPSA) is 52.6 Å². The minimum Gasteiger partial charge on any atom is -0.395 e. The molecule has 5 heteroatoms. The number of hydrogen-bond donors (Lipinski definition) is 2. The van der Waals surface area contributed by atoms with E-state index in [0.717, 1.165) is 19.3 Å². The molecular formula is C13H20N2O2S. The fourth-order valence-electron chi connectivity index (χ4n) is 1.92. The lowest BCUT2D eigenvalue weighted by molar-refractivity contribution is 0.173. The van der Waals surface area contributed by atoms with Crippen molar-refractivity contribution in [3.63, 3.8) is 0 Å². The molecule has 100 valence electrons. The second kappa shape index (κ2) is 6.20. The third-order valence-electron chi connectivity index (χ3n) is 3.07. The Hall–Kier alpha value is -1.07. The van der Waals surface area contributed by atoms with Gasteiger partial charge in [-0.05, 0) is 31.4 Å². The van der Waals surface area contributed by atoms with E-state index in [-0.39, 0.29) is 12.6 Å². The van der Waals surface area contributed by atoms with Crippen molar-refractivity contribution < 1.29 is 9.90 Å². The summed E-state index contributed by atoms with van der Waals surface area (Å²) in [6, 6.07) is 4.46. The van der Waals surface area contributed by atoms with Gasteiger partial charge in [-0.3, -0.25) is 0 Å². The molecule has 0 spiro atoms. The van der Waals surface area contributed by atoms with Crippen LogP contribution in [0.2, 0.25) is 0 Å². The molecule has 1 aliphatic rings. The van der Waals surface area contributed by atoms with Crippen LogP contribution in [0.25, 0.3) is 0 Å². The van der Waals surface area contributed by atoms with Crippen LogP contribution >= 0.6 is 11.3 Å². The Morgan fingerprint density at radius 3 is 2.78 bits per heavy atom. The molecule has 18 heavy (non-hydrogen) atoms. The van der Waals surface area contributed by atoms with E-state index in [4.69, 9.17) is 5.11 Å². The Balaban J connectivity index is 1.82. The summed E-state index contributed by atoms with van der Waals surface area (Å²) in [7, 11) is 0. The first-order valence-electron chi connectivity index (χ1n) is 6.47. The molecular weight excluding hydrogens is 248 g/mol. The molecule has 0 radical (unpaired) electrons. The van der Waals surface area contributed by atoms with E-state index in [1.165, 1.54) is 9.75 Å². The third kappa shape index (κ3) is 3.46. The quantitative estimate of drug-likeness (QED) is 0.829. The number of nitrogens with zero attached hydrogens (tertiary/aromatic N) is 1. The van der Waals surface area contributed by atoms with Gasteiger partial charge >= 0.3 is 6.03 Å². The summed E-state index contributed by atoms with van der Waals surface area (Å²) < 4.78 is 0. The monoisotopic (exact) mass is 268 g/mol. The zero-order valence-electron chi connectivity index (χ0n) is 10.7. The summed E-state index contributed by atoms with van der Waals surface area (Å²) in [4.78, 5) is 16.2. The number of aryl methyl sites for hydroxylation is 1. The number of carbonyl (C=O) groups excluding carboxylic acids is 1. The fourth-order valence-corrected chi connectivity index (χ4v) is 2.81. The van der Waals surface area contributed by atoms with Gasteiger partial charge in [0.1, 0.15) is 0 Å². The smallest absolute Gasteiger partial charge is 0.318 e. The standard InChI is InChI=1S/C13H20N2O2S/c1-2-11-5-6-12(18-11)9-14-13(17)15(7-8-16)10-3-4-10/h5-6,10,16H,2-4,7-9H2,1H3,(H,14,17). The van der Waals surface area contributed by atoms with Crippen molar-refractivity contribution in [1.29, 1.82) is 0 Å². The molecule has 0 unspecified atom stereocenters. The van der Waals surface area contributed by atoms with Crippen LogP contribution in [0.15, 0.2) is 12.1 Å². The average Bonchev–Trinajstić information content (AvgIpc) is 3.11. The van der Waals surface area contributed by atoms with Crippen LogP contribution < -0.4 is 5.32 Å². The van der Waals surface area contributed by atoms with E-state index in [1.54, 1.807) is 16.2 Å². The molecule has 4 nitrogen and oxygen atoms in total. The van der Waals surface area contributed by atoms with Crippen LogP contribution in [0.3, 0.4) is 0 Å². The van der Waals surface area contributed by atoms with Crippen molar-refractivity contribution in [3.8, 4) is 0 Å². The van der Waals surface area contributed by atoms with Crippen molar-refractivity contribution in [2.45, 2.75) is 38.8 Å². The minimum atomic E-state index is -0.0574. The molecule has 0 aliphatic heterocycles. The summed E-state index contributed by atoms with van der Waals surface area (Å²) in [5.74, 6) is 0. The Morgan fingerprint density at radius 1 is 1.50 bits per heavy atom. The van der Waals surface area contributed by atoms with Gasteiger partial charge in [-0.15, -0.1) is 11.3 Å². The summed E-state index contributed by atoms with van der Waals surface area (Å²) in [5.41, 5.74) is 0. The van der Waals surface area contributed by atoms with E-state index < -0.39 is 0 Å². The maximum absolute atomic E-state index is 12.0. The predicted octanol–water partition coefficient (Wildman–Crippen LogP) is 1.98. The van der Waals surface area contributed by atoms with E-state index in [0.29, 0.717) is 19.1 Å². The molecule has 1 fully saturated rings. The van der Waals surface area contributed by atoms with Crippen LogP contribution in [-0.4, -0.2) is 35.2 Å². The third-order valence-corrected chi connectivity index (χ3v) is 4.30. The lowest BCUT2D eigenvalue weighted by atomic mass is 10.3. The zero-order valence-corrected chi connectivity index (χ0v) is 11.5. The van der Waals surface area contributed by atoms with Crippen molar-refractivity contribution in [2.24, 2.45) is 0 Å². The van der Waals surface area contributed by atoms with Crippen LogP contribution in [0.4, 0.5) is 4.79 Å². The van der Waals surface area contributed by atoms with E-state index in [2.05, 4.69) is 24.4 Å². The Kier molecular flexibility index (Phi) is 4.60. The molecule has 2 amide bonds. The molecule has 2 N–H and O–H groups in total. The molecule has 0 saturated heterocycles. The van der Waals surface area contributed by atoms with Crippen molar-refractivity contribution >= 4 is 17.4 Å². The molecule has 0 bridgehead atoms. The number of nitrogens with one attached hydrogen (secondary N) is 1. The molecule has 1 heterocycles. The average molecular weight is 268 g/mol. The SMILES string of the molecule is CCc1ccc(CNC(=O)N(CCO)C2CC2)s1. The normalized spacial score (nSPS) is 14.6. The van der Waals surface area contributed by atoms with Gasteiger partial charge in [-0.1, -0.05) is 6.92 Å². The van der Waals surface area contributed by atoms with Crippen LogP contribution in [0, 0.1) is 0 Å². The largest absolute Gasteiger partial charge is 0.395 e. The molecule has 2 rings (SSSR count). The van der Waals surface area contributed by atoms with Gasteiger partial charge in [0.2, 0.25) is 0 Å². The second-order valence-corrected chi connectivity index (χ2v) is 5.78. The van der Waals surface area contributed by atoms with E-state index in [1.807, 2.05) is 0 Å². The summed E-state index contributed by atoms with van der Waals surface area (Å²) in [5, 5.41) is 11.9. The highest BCUT2D eigenvalue weighted by atomic mass is 32.1. The number of carbonyl (C=O) groups is 1. The first kappa shape index (κ1) is 13.4. The van der Waals surface area contributed by atoms with Crippen LogP contribution in [0.5, 0.6) is 0 Å². The fraction of sp³-hybridized carbons (Fsp3) is 0.615. The number of aliphatic hydroxyl groups is 1. The number of thiophene rings is 1. The van der Waals surface area contributed by atoms with Crippen LogP contribution in [-0.2, 0) is 13.0 Å². The first-order chi connectivity index (χ1) is 8.74. The lowest BCUT2D eigenvalue weighted by Gasteiger charge is -2.21. The predicted molar refractivity (Wildman–Crippen MR) is 72.7 cm³/mol. The number of hydrogen-bond acceptors (Lipinski definition) is 3. The van der Waals surface area contributed by atoms with Crippen molar-refractivity contribution in [1.82, 2.24) is 10.2 Å².